The Morgan fingerprint density at radius 1 is 1.16 bits per heavy atom. The molecule has 0 heterocycles. The molecule has 5 unspecified atom stereocenters. The highest BCUT2D eigenvalue weighted by atomic mass is 16.5. The van der Waals surface area contributed by atoms with Gasteiger partial charge in [-0.25, -0.2) is 0 Å². The number of hydrogen-bond acceptors (Lipinski definition) is 4. The summed E-state index contributed by atoms with van der Waals surface area (Å²) in [4.78, 5) is 23.6. The van der Waals surface area contributed by atoms with E-state index in [2.05, 4.69) is 19.1 Å². The van der Waals surface area contributed by atoms with E-state index in [-0.39, 0.29) is 41.5 Å². The van der Waals surface area contributed by atoms with Crippen LogP contribution in [-0.4, -0.2) is 41.3 Å². The van der Waals surface area contributed by atoms with E-state index in [0.29, 0.717) is 12.8 Å². The van der Waals surface area contributed by atoms with Gasteiger partial charge >= 0.3 is 5.97 Å². The molecule has 0 amide bonds. The average Bonchev–Trinajstić information content (AvgIpc) is 3.00. The van der Waals surface area contributed by atoms with Crippen molar-refractivity contribution in [3.05, 3.63) is 24.3 Å². The molecule has 1 fully saturated rings. The maximum Gasteiger partial charge on any atom is 0.303 e. The van der Waals surface area contributed by atoms with Gasteiger partial charge in [-0.3, -0.25) is 9.59 Å². The van der Waals surface area contributed by atoms with Gasteiger partial charge in [-0.1, -0.05) is 71.3 Å². The zero-order valence-electron chi connectivity index (χ0n) is 20.2. The molecule has 0 aromatic heterocycles. The van der Waals surface area contributed by atoms with E-state index in [1.165, 1.54) is 0 Å². The number of Topliss-reactive ketones (excluding diaryl/α,β-unsaturated/α-hetero) is 1. The van der Waals surface area contributed by atoms with Crippen LogP contribution in [0, 0.1) is 23.2 Å². The van der Waals surface area contributed by atoms with Crippen molar-refractivity contribution in [3.63, 3.8) is 0 Å². The molecule has 0 aliphatic heterocycles. The number of carboxylic acids is 1. The number of carbonyl (C=O) groups excluding carboxylic acids is 1. The number of methoxy groups -OCH3 is 1. The molecule has 5 nitrogen and oxygen atoms in total. The average molecular weight is 437 g/mol. The van der Waals surface area contributed by atoms with E-state index >= 15 is 0 Å². The summed E-state index contributed by atoms with van der Waals surface area (Å²) in [5, 5.41) is 19.3. The molecule has 0 bridgehead atoms. The summed E-state index contributed by atoms with van der Waals surface area (Å²) in [6.07, 6.45) is 14.7. The Morgan fingerprint density at radius 3 is 2.45 bits per heavy atom. The third-order valence-corrected chi connectivity index (χ3v) is 6.29. The fraction of sp³-hybridized carbons (Fsp3) is 0.769. The SMILES string of the molecule is CCCCCC(C=CC1C(OC)CC(O)C1CC=CCCCC(=O)O)C(=O)C(C)(C)C. The number of unbranched alkanes of at least 4 members (excludes halogenated alkanes) is 3. The van der Waals surface area contributed by atoms with Gasteiger partial charge in [0.15, 0.2) is 0 Å². The van der Waals surface area contributed by atoms with Crippen LogP contribution in [0.3, 0.4) is 0 Å². The molecule has 31 heavy (non-hydrogen) atoms. The van der Waals surface area contributed by atoms with Crippen LogP contribution in [0.25, 0.3) is 0 Å². The van der Waals surface area contributed by atoms with Gasteiger partial charge in [0.05, 0.1) is 12.2 Å². The largest absolute Gasteiger partial charge is 0.481 e. The van der Waals surface area contributed by atoms with E-state index in [9.17, 15) is 14.7 Å². The van der Waals surface area contributed by atoms with Gasteiger partial charge in [-0.05, 0) is 31.6 Å². The summed E-state index contributed by atoms with van der Waals surface area (Å²) in [6.45, 7) is 8.10. The summed E-state index contributed by atoms with van der Waals surface area (Å²) in [5.74, 6) is -0.509. The number of hydrogen-bond donors (Lipinski definition) is 2. The minimum atomic E-state index is -0.772. The summed E-state index contributed by atoms with van der Waals surface area (Å²) < 4.78 is 5.67. The fourth-order valence-corrected chi connectivity index (χ4v) is 4.43. The second-order valence-corrected chi connectivity index (χ2v) is 9.91. The van der Waals surface area contributed by atoms with Gasteiger partial charge in [-0.15, -0.1) is 0 Å². The van der Waals surface area contributed by atoms with Crippen LogP contribution in [0.5, 0.6) is 0 Å². The molecule has 1 saturated carbocycles. The van der Waals surface area contributed by atoms with E-state index in [1.807, 2.05) is 32.9 Å². The molecule has 0 aromatic rings. The number of carbonyl (C=O) groups is 2. The summed E-state index contributed by atoms with van der Waals surface area (Å²) in [5.41, 5.74) is -0.380. The summed E-state index contributed by atoms with van der Waals surface area (Å²) >= 11 is 0. The molecule has 5 atom stereocenters. The van der Waals surface area contributed by atoms with Crippen molar-refractivity contribution in [1.29, 1.82) is 0 Å². The second-order valence-electron chi connectivity index (χ2n) is 9.91. The maximum atomic E-state index is 13.0. The van der Waals surface area contributed by atoms with Gasteiger partial charge in [0, 0.05) is 37.2 Å². The zero-order chi connectivity index (χ0) is 23.4. The predicted molar refractivity (Wildman–Crippen MR) is 125 cm³/mol. The monoisotopic (exact) mass is 436 g/mol. The number of rotatable bonds is 14. The van der Waals surface area contributed by atoms with Crippen molar-refractivity contribution in [2.75, 3.05) is 7.11 Å². The number of carboxylic acid groups (broad SMARTS) is 1. The van der Waals surface area contributed by atoms with Gasteiger partial charge in [0.1, 0.15) is 5.78 Å². The van der Waals surface area contributed by atoms with E-state index in [1.54, 1.807) is 7.11 Å². The lowest BCUT2D eigenvalue weighted by Gasteiger charge is -2.25. The first-order valence-electron chi connectivity index (χ1n) is 11.9. The van der Waals surface area contributed by atoms with Gasteiger partial charge in [0.2, 0.25) is 0 Å². The van der Waals surface area contributed by atoms with E-state index in [4.69, 9.17) is 9.84 Å². The summed E-state index contributed by atoms with van der Waals surface area (Å²) in [6, 6.07) is 0. The Balaban J connectivity index is 2.87. The van der Waals surface area contributed by atoms with Crippen molar-refractivity contribution in [3.8, 4) is 0 Å². The van der Waals surface area contributed by atoms with Crippen LogP contribution in [0.2, 0.25) is 0 Å². The zero-order valence-corrected chi connectivity index (χ0v) is 20.2. The lowest BCUT2D eigenvalue weighted by Crippen LogP contribution is -2.28. The highest BCUT2D eigenvalue weighted by molar-refractivity contribution is 5.87. The minimum Gasteiger partial charge on any atom is -0.481 e. The first kappa shape index (κ1) is 27.6. The number of aliphatic hydroxyl groups is 1. The van der Waals surface area contributed by atoms with Crippen molar-refractivity contribution < 1.29 is 24.5 Å². The van der Waals surface area contributed by atoms with Crippen LogP contribution in [0.15, 0.2) is 24.3 Å². The van der Waals surface area contributed by atoms with Gasteiger partial charge in [-0.2, -0.15) is 0 Å². The normalized spacial score (nSPS) is 25.5. The van der Waals surface area contributed by atoms with Gasteiger partial charge < -0.3 is 14.9 Å². The number of allylic oxidation sites excluding steroid dienone is 3. The Hall–Kier alpha value is -1.46. The van der Waals surface area contributed by atoms with Crippen LogP contribution in [0.1, 0.15) is 85.5 Å². The topological polar surface area (TPSA) is 83.8 Å². The summed E-state index contributed by atoms with van der Waals surface area (Å²) in [7, 11) is 1.68. The third-order valence-electron chi connectivity index (χ3n) is 6.29. The minimum absolute atomic E-state index is 0.0398. The number of aliphatic hydroxyl groups excluding tert-OH is 1. The molecule has 1 aliphatic carbocycles. The molecule has 0 saturated heterocycles. The van der Waals surface area contributed by atoms with Crippen LogP contribution >= 0.6 is 0 Å². The van der Waals surface area contributed by atoms with Crippen molar-refractivity contribution in [2.45, 2.75) is 97.7 Å². The van der Waals surface area contributed by atoms with E-state index < -0.39 is 12.1 Å². The number of ether oxygens (including phenoxy) is 1. The molecule has 0 radical (unpaired) electrons. The number of aliphatic carboxylic acids is 1. The molecule has 1 rings (SSSR count). The van der Waals surface area contributed by atoms with Crippen molar-refractivity contribution in [1.82, 2.24) is 0 Å². The molecule has 5 heteroatoms. The Kier molecular flexibility index (Phi) is 12.3. The highest BCUT2D eigenvalue weighted by Gasteiger charge is 2.41. The molecule has 2 N–H and O–H groups in total. The molecule has 0 spiro atoms. The maximum absolute atomic E-state index is 13.0. The lowest BCUT2D eigenvalue weighted by atomic mass is 9.79. The fourth-order valence-electron chi connectivity index (χ4n) is 4.43. The Labute approximate surface area is 189 Å². The molecular formula is C26H44O5. The highest BCUT2D eigenvalue weighted by Crippen LogP contribution is 2.38. The lowest BCUT2D eigenvalue weighted by molar-refractivity contribution is -0.137. The molecule has 178 valence electrons. The van der Waals surface area contributed by atoms with E-state index in [0.717, 1.165) is 38.5 Å². The Bertz CT molecular complexity index is 601. The Morgan fingerprint density at radius 2 is 1.87 bits per heavy atom. The van der Waals surface area contributed by atoms with Crippen molar-refractivity contribution >= 4 is 11.8 Å². The molecular weight excluding hydrogens is 392 g/mol. The standard InChI is InChI=1S/C26H44O5/c1-6-7-10-13-19(25(30)26(2,3)4)16-17-21-20(22(27)18-23(21)31-5)14-11-8-9-12-15-24(28)29/h8,11,16-17,19-23,27H,6-7,9-10,12-15,18H2,1-5H3,(H,28,29). The smallest absolute Gasteiger partial charge is 0.303 e. The first-order valence-corrected chi connectivity index (χ1v) is 11.9. The quantitative estimate of drug-likeness (QED) is 0.275. The van der Waals surface area contributed by atoms with Gasteiger partial charge in [0.25, 0.3) is 0 Å². The second kappa shape index (κ2) is 13.8. The van der Waals surface area contributed by atoms with Crippen LogP contribution in [-0.2, 0) is 14.3 Å². The number of ketones is 1. The first-order chi connectivity index (χ1) is 14.6. The molecule has 0 aromatic carbocycles. The van der Waals surface area contributed by atoms with Crippen LogP contribution in [0.4, 0.5) is 0 Å². The third kappa shape index (κ3) is 9.69. The molecule has 1 aliphatic rings. The predicted octanol–water partition coefficient (Wildman–Crippen LogP) is 5.57. The van der Waals surface area contributed by atoms with Crippen molar-refractivity contribution in [2.24, 2.45) is 23.2 Å². The van der Waals surface area contributed by atoms with Crippen LogP contribution < -0.4 is 0 Å².